The molecule has 3 aromatic rings. The van der Waals surface area contributed by atoms with Gasteiger partial charge in [-0.3, -0.25) is 0 Å². The van der Waals surface area contributed by atoms with E-state index in [1.807, 2.05) is 30.3 Å². The molecule has 6 nitrogen and oxygen atoms in total. The van der Waals surface area contributed by atoms with Crippen LogP contribution in [0.1, 0.15) is 21.6 Å². The van der Waals surface area contributed by atoms with Crippen molar-refractivity contribution >= 4 is 5.97 Å². The summed E-state index contributed by atoms with van der Waals surface area (Å²) >= 11 is 0. The van der Waals surface area contributed by atoms with Gasteiger partial charge in [-0.25, -0.2) is 9.48 Å². The van der Waals surface area contributed by atoms with Crippen molar-refractivity contribution < 1.29 is 9.90 Å². The molecule has 0 aliphatic heterocycles. The minimum atomic E-state index is -0.964. The topological polar surface area (TPSA) is 91.8 Å². The highest BCUT2D eigenvalue weighted by atomic mass is 16.4. The van der Waals surface area contributed by atoms with Gasteiger partial charge in [-0.05, 0) is 17.7 Å². The minimum absolute atomic E-state index is 0.230. The zero-order valence-corrected chi connectivity index (χ0v) is 12.0. The highest BCUT2D eigenvalue weighted by Crippen LogP contribution is 2.22. The zero-order chi connectivity index (χ0) is 16.2. The van der Waals surface area contributed by atoms with Gasteiger partial charge in [0.15, 0.2) is 5.69 Å². The van der Waals surface area contributed by atoms with Crippen molar-refractivity contribution in [2.75, 3.05) is 0 Å². The van der Waals surface area contributed by atoms with Crippen molar-refractivity contribution in [1.29, 1.82) is 5.26 Å². The molecule has 112 valence electrons. The monoisotopic (exact) mass is 304 g/mol. The predicted molar refractivity (Wildman–Crippen MR) is 82.7 cm³/mol. The maximum absolute atomic E-state index is 10.9. The number of carboxylic acids is 1. The molecule has 0 atom stereocenters. The lowest BCUT2D eigenvalue weighted by Gasteiger charge is -2.07. The van der Waals surface area contributed by atoms with E-state index in [0.29, 0.717) is 12.2 Å². The predicted octanol–water partition coefficient (Wildman–Crippen LogP) is 2.56. The van der Waals surface area contributed by atoms with E-state index in [1.165, 1.54) is 0 Å². The van der Waals surface area contributed by atoms with E-state index in [0.717, 1.165) is 11.1 Å². The molecule has 1 N–H and O–H groups in total. The Hall–Kier alpha value is -3.46. The Morgan fingerprint density at radius 3 is 2.43 bits per heavy atom. The third-order valence-electron chi connectivity index (χ3n) is 3.42. The first kappa shape index (κ1) is 14.5. The first-order chi connectivity index (χ1) is 11.2. The molecule has 0 spiro atoms. The molecule has 0 amide bonds. The van der Waals surface area contributed by atoms with Crippen molar-refractivity contribution in [3.05, 3.63) is 71.4 Å². The summed E-state index contributed by atoms with van der Waals surface area (Å²) in [4.78, 5) is 10.9. The van der Waals surface area contributed by atoms with Gasteiger partial charge >= 0.3 is 5.97 Å². The Labute approximate surface area is 132 Å². The summed E-state index contributed by atoms with van der Waals surface area (Å²) in [5.74, 6) is -0.964. The lowest BCUT2D eigenvalue weighted by Crippen LogP contribution is -2.05. The Morgan fingerprint density at radius 2 is 1.83 bits per heavy atom. The molecule has 0 saturated carbocycles. The molecule has 2 aromatic carbocycles. The minimum Gasteiger partial charge on any atom is -0.478 e. The van der Waals surface area contributed by atoms with Crippen molar-refractivity contribution in [2.24, 2.45) is 0 Å². The molecule has 3 rings (SSSR count). The van der Waals surface area contributed by atoms with Gasteiger partial charge in [0.05, 0.1) is 12.1 Å². The molecule has 23 heavy (non-hydrogen) atoms. The van der Waals surface area contributed by atoms with Gasteiger partial charge in [0, 0.05) is 5.56 Å². The number of rotatable bonds is 4. The van der Waals surface area contributed by atoms with Crippen LogP contribution < -0.4 is 0 Å². The summed E-state index contributed by atoms with van der Waals surface area (Å²) in [6.07, 6.45) is 0. The fourth-order valence-electron chi connectivity index (χ4n) is 2.31. The van der Waals surface area contributed by atoms with E-state index >= 15 is 0 Å². The van der Waals surface area contributed by atoms with E-state index in [-0.39, 0.29) is 11.3 Å². The highest BCUT2D eigenvalue weighted by Gasteiger charge is 2.15. The molecular weight excluding hydrogens is 292 g/mol. The number of aromatic nitrogens is 3. The van der Waals surface area contributed by atoms with Crippen molar-refractivity contribution in [2.45, 2.75) is 6.54 Å². The maximum atomic E-state index is 10.9. The number of nitrogens with zero attached hydrogens (tertiary/aromatic N) is 4. The van der Waals surface area contributed by atoms with Crippen LogP contribution in [0.2, 0.25) is 0 Å². The third-order valence-corrected chi connectivity index (χ3v) is 3.42. The second-order valence-corrected chi connectivity index (χ2v) is 4.92. The lowest BCUT2D eigenvalue weighted by molar-refractivity contribution is 0.0697. The maximum Gasteiger partial charge on any atom is 0.335 e. The van der Waals surface area contributed by atoms with Gasteiger partial charge in [-0.1, -0.05) is 47.7 Å². The van der Waals surface area contributed by atoms with Crippen molar-refractivity contribution in [3.63, 3.8) is 0 Å². The molecule has 6 heteroatoms. The average molecular weight is 304 g/mol. The van der Waals surface area contributed by atoms with Crippen LogP contribution in [0.4, 0.5) is 0 Å². The quantitative estimate of drug-likeness (QED) is 0.799. The molecule has 0 saturated heterocycles. The average Bonchev–Trinajstić information content (AvgIpc) is 2.99. The number of hydrogen-bond acceptors (Lipinski definition) is 4. The molecule has 0 fully saturated rings. The smallest absolute Gasteiger partial charge is 0.335 e. The Kier molecular flexibility index (Phi) is 3.85. The van der Waals surface area contributed by atoms with E-state index in [2.05, 4.69) is 16.4 Å². The van der Waals surface area contributed by atoms with Crippen LogP contribution in [0.15, 0.2) is 54.6 Å². The van der Waals surface area contributed by atoms with Gasteiger partial charge in [0.2, 0.25) is 0 Å². The molecule has 1 heterocycles. The first-order valence-electron chi connectivity index (χ1n) is 6.90. The van der Waals surface area contributed by atoms with Crippen molar-refractivity contribution in [3.8, 4) is 17.3 Å². The second kappa shape index (κ2) is 6.12. The fraction of sp³-hybridized carbons (Fsp3) is 0.0588. The number of nitriles is 1. The van der Waals surface area contributed by atoms with Gasteiger partial charge in [0.1, 0.15) is 11.8 Å². The summed E-state index contributed by atoms with van der Waals surface area (Å²) in [7, 11) is 0. The SMILES string of the molecule is N#Cc1nnn(Cc2ccc(C(=O)O)cc2)c1-c1ccccc1. The lowest BCUT2D eigenvalue weighted by atomic mass is 10.1. The molecule has 1 aromatic heterocycles. The van der Waals surface area contributed by atoms with E-state index in [4.69, 9.17) is 5.11 Å². The normalized spacial score (nSPS) is 10.2. The van der Waals surface area contributed by atoms with Crippen molar-refractivity contribution in [1.82, 2.24) is 15.0 Å². The number of aromatic carboxylic acids is 1. The molecule has 0 radical (unpaired) electrons. The van der Waals surface area contributed by atoms with Crippen LogP contribution in [-0.4, -0.2) is 26.1 Å². The highest BCUT2D eigenvalue weighted by molar-refractivity contribution is 5.87. The van der Waals surface area contributed by atoms with Crippen LogP contribution >= 0.6 is 0 Å². The Morgan fingerprint density at radius 1 is 1.13 bits per heavy atom. The van der Waals surface area contributed by atoms with Gasteiger partial charge < -0.3 is 5.11 Å². The van der Waals surface area contributed by atoms with E-state index < -0.39 is 5.97 Å². The largest absolute Gasteiger partial charge is 0.478 e. The summed E-state index contributed by atoms with van der Waals surface area (Å²) < 4.78 is 1.64. The van der Waals surface area contributed by atoms with Gasteiger partial charge in [-0.2, -0.15) is 5.26 Å². The number of carboxylic acid groups (broad SMARTS) is 1. The fourth-order valence-corrected chi connectivity index (χ4v) is 2.31. The van der Waals surface area contributed by atoms with Crippen LogP contribution in [0.5, 0.6) is 0 Å². The summed E-state index contributed by atoms with van der Waals surface area (Å²) in [5.41, 5.74) is 2.87. The molecular formula is C17H12N4O2. The van der Waals surface area contributed by atoms with Crippen LogP contribution in [0.3, 0.4) is 0 Å². The zero-order valence-electron chi connectivity index (χ0n) is 12.0. The molecule has 0 aliphatic carbocycles. The molecule has 0 aliphatic rings. The second-order valence-electron chi connectivity index (χ2n) is 4.92. The number of hydrogen-bond donors (Lipinski definition) is 1. The van der Waals surface area contributed by atoms with Crippen LogP contribution in [-0.2, 0) is 6.54 Å². The van der Waals surface area contributed by atoms with Crippen LogP contribution in [0, 0.1) is 11.3 Å². The summed E-state index contributed by atoms with van der Waals surface area (Å²) in [6.45, 7) is 0.402. The third kappa shape index (κ3) is 2.94. The summed E-state index contributed by atoms with van der Waals surface area (Å²) in [6, 6.07) is 18.0. The van der Waals surface area contributed by atoms with Gasteiger partial charge in [0.25, 0.3) is 0 Å². The first-order valence-corrected chi connectivity index (χ1v) is 6.90. The van der Waals surface area contributed by atoms with E-state index in [9.17, 15) is 10.1 Å². The molecule has 0 bridgehead atoms. The van der Waals surface area contributed by atoms with Gasteiger partial charge in [-0.15, -0.1) is 5.10 Å². The van der Waals surface area contributed by atoms with E-state index in [1.54, 1.807) is 28.9 Å². The standard InChI is InChI=1S/C17H12N4O2/c18-10-15-16(13-4-2-1-3-5-13)21(20-19-15)11-12-6-8-14(9-7-12)17(22)23/h1-9H,11H2,(H,22,23). The summed E-state index contributed by atoms with van der Waals surface area (Å²) in [5, 5.41) is 26.1. The number of benzene rings is 2. The number of carbonyl (C=O) groups is 1. The molecule has 0 unspecified atom stereocenters. The Balaban J connectivity index is 1.96. The Bertz CT molecular complexity index is 877. The van der Waals surface area contributed by atoms with Crippen LogP contribution in [0.25, 0.3) is 11.3 Å².